The quantitative estimate of drug-likeness (QED) is 0.316. The fourth-order valence-electron chi connectivity index (χ4n) is 4.91. The van der Waals surface area contributed by atoms with Crippen LogP contribution in [0.2, 0.25) is 0 Å². The summed E-state index contributed by atoms with van der Waals surface area (Å²) in [6.45, 7) is 19.5. The number of quaternary nitrogens is 1. The molecule has 0 aliphatic rings. The van der Waals surface area contributed by atoms with Crippen LogP contribution in [0.5, 0.6) is 5.75 Å². The maximum absolute atomic E-state index is 6.70. The number of para-hydroxylation sites is 1. The predicted octanol–water partition coefficient (Wildman–Crippen LogP) is 7.03. The molecule has 0 fully saturated rings. The smallest absolute Gasteiger partial charge is 0.389 e. The molecule has 2 aromatic carbocycles. The fourth-order valence-corrected chi connectivity index (χ4v) is 4.91. The molecule has 3 heteroatoms. The molecule has 1 atom stereocenters. The van der Waals surface area contributed by atoms with Crippen molar-refractivity contribution in [3.63, 3.8) is 0 Å². The predicted molar refractivity (Wildman–Crippen MR) is 131 cm³/mol. The highest BCUT2D eigenvalue weighted by atomic mass is 16.7. The molecule has 0 saturated carbocycles. The van der Waals surface area contributed by atoms with E-state index in [1.807, 2.05) is 37.3 Å². The van der Waals surface area contributed by atoms with Crippen molar-refractivity contribution in [3.8, 4) is 5.75 Å². The van der Waals surface area contributed by atoms with E-state index >= 15 is 0 Å². The minimum Gasteiger partial charge on any atom is -0.413 e. The van der Waals surface area contributed by atoms with Crippen LogP contribution in [0.25, 0.3) is 0 Å². The molecule has 0 aliphatic carbocycles. The molecule has 0 saturated heterocycles. The van der Waals surface area contributed by atoms with Crippen LogP contribution in [0.3, 0.4) is 0 Å². The SMILES string of the molecule is CCOC(Oc1ccccc1)(c1ccc(C(C)(C)CC(C)(C)C)c(C)c1)[N+](C)(C)CC. The summed E-state index contributed by atoms with van der Waals surface area (Å²) >= 11 is 0. The van der Waals surface area contributed by atoms with E-state index < -0.39 is 5.91 Å². The molecule has 2 rings (SSSR count). The Kier molecular flexibility index (Phi) is 7.66. The Morgan fingerprint density at radius 2 is 1.48 bits per heavy atom. The lowest BCUT2D eigenvalue weighted by Crippen LogP contribution is -2.62. The third-order valence-electron chi connectivity index (χ3n) is 6.22. The maximum Gasteiger partial charge on any atom is 0.389 e. The highest BCUT2D eigenvalue weighted by Gasteiger charge is 2.51. The highest BCUT2D eigenvalue weighted by molar-refractivity contribution is 5.38. The van der Waals surface area contributed by atoms with Crippen LogP contribution in [-0.4, -0.2) is 31.7 Å². The molecule has 2 aromatic rings. The molecule has 0 N–H and O–H groups in total. The van der Waals surface area contributed by atoms with Crippen LogP contribution >= 0.6 is 0 Å². The first kappa shape index (κ1) is 25.4. The van der Waals surface area contributed by atoms with Crippen molar-refractivity contribution in [1.29, 1.82) is 0 Å². The highest BCUT2D eigenvalue weighted by Crippen LogP contribution is 2.41. The van der Waals surface area contributed by atoms with E-state index in [0.717, 1.165) is 24.3 Å². The molecule has 0 heterocycles. The van der Waals surface area contributed by atoms with E-state index in [1.54, 1.807) is 0 Å². The summed E-state index contributed by atoms with van der Waals surface area (Å²) in [7, 11) is 4.34. The minimum atomic E-state index is -0.928. The van der Waals surface area contributed by atoms with Gasteiger partial charge in [0.1, 0.15) is 5.75 Å². The maximum atomic E-state index is 6.70. The third-order valence-corrected chi connectivity index (χ3v) is 6.22. The van der Waals surface area contributed by atoms with Crippen molar-refractivity contribution < 1.29 is 14.0 Å². The lowest BCUT2D eigenvalue weighted by atomic mass is 9.71. The van der Waals surface area contributed by atoms with Crippen molar-refractivity contribution in [3.05, 3.63) is 65.2 Å². The molecule has 0 amide bonds. The second-order valence-electron chi connectivity index (χ2n) is 11.1. The van der Waals surface area contributed by atoms with Crippen molar-refractivity contribution in [1.82, 2.24) is 0 Å². The largest absolute Gasteiger partial charge is 0.413 e. The van der Waals surface area contributed by atoms with E-state index in [0.29, 0.717) is 11.1 Å². The van der Waals surface area contributed by atoms with Crippen LogP contribution in [0.15, 0.2) is 48.5 Å². The summed E-state index contributed by atoms with van der Waals surface area (Å²) in [5.74, 6) is -0.118. The number of ether oxygens (including phenoxy) is 2. The van der Waals surface area contributed by atoms with Crippen LogP contribution in [0.4, 0.5) is 0 Å². The van der Waals surface area contributed by atoms with E-state index in [2.05, 4.69) is 80.8 Å². The van der Waals surface area contributed by atoms with Crippen LogP contribution in [-0.2, 0) is 16.1 Å². The van der Waals surface area contributed by atoms with Gasteiger partial charge in [-0.1, -0.05) is 58.9 Å². The van der Waals surface area contributed by atoms with Crippen molar-refractivity contribution >= 4 is 0 Å². The molecule has 1 unspecified atom stereocenters. The lowest BCUT2D eigenvalue weighted by Gasteiger charge is -2.46. The van der Waals surface area contributed by atoms with Gasteiger partial charge in [0.15, 0.2) is 0 Å². The molecule has 0 aliphatic heterocycles. The number of aryl methyl sites for hydroxylation is 1. The van der Waals surface area contributed by atoms with Crippen molar-refractivity contribution in [2.45, 2.75) is 73.1 Å². The van der Waals surface area contributed by atoms with Gasteiger partial charge in [0.2, 0.25) is 0 Å². The Hall–Kier alpha value is -1.84. The second kappa shape index (κ2) is 9.34. The Bertz CT molecular complexity index is 849. The second-order valence-corrected chi connectivity index (χ2v) is 11.1. The number of hydrogen-bond donors (Lipinski definition) is 0. The lowest BCUT2D eigenvalue weighted by molar-refractivity contribution is -1.000. The Labute approximate surface area is 191 Å². The van der Waals surface area contributed by atoms with Gasteiger partial charge in [0, 0.05) is 0 Å². The number of benzene rings is 2. The van der Waals surface area contributed by atoms with Gasteiger partial charge in [-0.25, -0.2) is 0 Å². The normalized spacial score (nSPS) is 14.9. The van der Waals surface area contributed by atoms with Crippen molar-refractivity contribution in [2.24, 2.45) is 5.41 Å². The number of nitrogens with zero attached hydrogens (tertiary/aromatic N) is 1. The first-order valence-electron chi connectivity index (χ1n) is 11.6. The van der Waals surface area contributed by atoms with Crippen molar-refractivity contribution in [2.75, 3.05) is 27.2 Å². The van der Waals surface area contributed by atoms with Gasteiger partial charge in [-0.15, -0.1) is 0 Å². The number of hydrogen-bond acceptors (Lipinski definition) is 2. The average molecular weight is 427 g/mol. The summed E-state index contributed by atoms with van der Waals surface area (Å²) in [5, 5.41) is 0. The molecule has 0 spiro atoms. The summed E-state index contributed by atoms with van der Waals surface area (Å²) < 4.78 is 13.7. The molecule has 3 nitrogen and oxygen atoms in total. The van der Waals surface area contributed by atoms with E-state index in [9.17, 15) is 0 Å². The summed E-state index contributed by atoms with van der Waals surface area (Å²) in [6, 6.07) is 16.8. The molecule has 31 heavy (non-hydrogen) atoms. The zero-order valence-corrected chi connectivity index (χ0v) is 21.5. The van der Waals surface area contributed by atoms with E-state index in [4.69, 9.17) is 9.47 Å². The topological polar surface area (TPSA) is 18.5 Å². The Morgan fingerprint density at radius 3 is 1.97 bits per heavy atom. The average Bonchev–Trinajstić information content (AvgIpc) is 2.66. The van der Waals surface area contributed by atoms with Gasteiger partial charge in [-0.3, -0.25) is 9.22 Å². The molecule has 0 aromatic heterocycles. The van der Waals surface area contributed by atoms with Crippen LogP contribution in [0, 0.1) is 12.3 Å². The first-order valence-corrected chi connectivity index (χ1v) is 11.6. The molecule has 172 valence electrons. The zero-order valence-electron chi connectivity index (χ0n) is 21.5. The van der Waals surface area contributed by atoms with Gasteiger partial charge in [-0.05, 0) is 73.4 Å². The summed E-state index contributed by atoms with van der Waals surface area (Å²) in [6.07, 6.45) is 1.12. The minimum absolute atomic E-state index is 0.0879. The van der Waals surface area contributed by atoms with Gasteiger partial charge < -0.3 is 4.74 Å². The third kappa shape index (κ3) is 5.70. The van der Waals surface area contributed by atoms with E-state index in [-0.39, 0.29) is 10.8 Å². The Balaban J connectivity index is 2.62. The molecular weight excluding hydrogens is 382 g/mol. The standard InChI is InChI=1S/C28H44NO2/c1-11-29(9,10)28(30-12-2,31-24-16-14-13-15-17-24)23-18-19-25(22(3)20-23)27(7,8)21-26(4,5)6/h13-20H,11-12,21H2,1-10H3/q+1. The summed E-state index contributed by atoms with van der Waals surface area (Å²) in [5.41, 5.74) is 4.07. The molecule has 0 radical (unpaired) electrons. The zero-order chi connectivity index (χ0) is 23.5. The van der Waals surface area contributed by atoms with Crippen LogP contribution < -0.4 is 4.74 Å². The van der Waals surface area contributed by atoms with Gasteiger partial charge in [0.25, 0.3) is 0 Å². The van der Waals surface area contributed by atoms with Gasteiger partial charge >= 0.3 is 5.91 Å². The first-order chi connectivity index (χ1) is 14.3. The molecular formula is C28H44NO2+. The van der Waals surface area contributed by atoms with Crippen LogP contribution in [0.1, 0.15) is 71.6 Å². The van der Waals surface area contributed by atoms with Gasteiger partial charge in [0.05, 0.1) is 32.8 Å². The van der Waals surface area contributed by atoms with Gasteiger partial charge in [-0.2, -0.15) is 0 Å². The monoisotopic (exact) mass is 426 g/mol. The fraction of sp³-hybridized carbons (Fsp3) is 0.571. The Morgan fingerprint density at radius 1 is 0.871 bits per heavy atom. The van der Waals surface area contributed by atoms with E-state index in [1.165, 1.54) is 11.1 Å². The number of rotatable bonds is 9. The summed E-state index contributed by atoms with van der Waals surface area (Å²) in [4.78, 5) is 0. The molecule has 0 bridgehead atoms.